The molecule has 4 heterocycles. The number of hydrogen-bond donors (Lipinski definition) is 0. The summed E-state index contributed by atoms with van der Waals surface area (Å²) in [5.74, 6) is 1.81. The van der Waals surface area contributed by atoms with Gasteiger partial charge in [0, 0.05) is 37.0 Å². The standard InChI is InChI=1S/C23H30N6O2/c1-14(2)9-11-29-20(30)8-7-17-16(4)26-21(27-22(17)29)19-6-5-10-28(19)23(31)18-13-24-15(3)12-25-18/h12-14,19H,5-11H2,1-4H3/t19-/m0/s1. The van der Waals surface area contributed by atoms with Crippen molar-refractivity contribution in [2.24, 2.45) is 5.92 Å². The second-order valence-corrected chi connectivity index (χ2v) is 8.90. The Balaban J connectivity index is 1.66. The average Bonchev–Trinajstić information content (AvgIpc) is 3.22. The molecule has 8 nitrogen and oxygen atoms in total. The van der Waals surface area contributed by atoms with Gasteiger partial charge in [-0.1, -0.05) is 13.8 Å². The molecule has 1 atom stereocenters. The van der Waals surface area contributed by atoms with Crippen LogP contribution in [0.2, 0.25) is 0 Å². The van der Waals surface area contributed by atoms with Crippen LogP contribution in [0, 0.1) is 19.8 Å². The van der Waals surface area contributed by atoms with E-state index >= 15 is 0 Å². The van der Waals surface area contributed by atoms with Gasteiger partial charge in [-0.3, -0.25) is 19.5 Å². The molecule has 31 heavy (non-hydrogen) atoms. The number of rotatable bonds is 5. The lowest BCUT2D eigenvalue weighted by atomic mass is 10.0. The minimum absolute atomic E-state index is 0.117. The van der Waals surface area contributed by atoms with E-state index in [0.29, 0.717) is 43.4 Å². The fourth-order valence-electron chi connectivity index (χ4n) is 4.30. The predicted molar refractivity (Wildman–Crippen MR) is 117 cm³/mol. The van der Waals surface area contributed by atoms with Gasteiger partial charge in [-0.15, -0.1) is 0 Å². The van der Waals surface area contributed by atoms with Gasteiger partial charge in [0.05, 0.1) is 17.9 Å². The van der Waals surface area contributed by atoms with Crippen LogP contribution in [0.1, 0.15) is 78.8 Å². The van der Waals surface area contributed by atoms with Crippen LogP contribution in [0.5, 0.6) is 0 Å². The number of carbonyl (C=O) groups is 2. The van der Waals surface area contributed by atoms with Gasteiger partial charge in [0.2, 0.25) is 5.91 Å². The lowest BCUT2D eigenvalue weighted by Crippen LogP contribution is -2.39. The van der Waals surface area contributed by atoms with Gasteiger partial charge < -0.3 is 4.90 Å². The number of hydrogen-bond acceptors (Lipinski definition) is 6. The zero-order chi connectivity index (χ0) is 22.1. The Bertz CT molecular complexity index is 988. The number of carbonyl (C=O) groups excluding carboxylic acids is 2. The fraction of sp³-hybridized carbons (Fsp3) is 0.565. The Kier molecular flexibility index (Phi) is 5.98. The molecule has 0 aromatic carbocycles. The van der Waals surface area contributed by atoms with Gasteiger partial charge in [0.15, 0.2) is 5.82 Å². The molecule has 8 heteroatoms. The van der Waals surface area contributed by atoms with Crippen LogP contribution >= 0.6 is 0 Å². The molecule has 0 unspecified atom stereocenters. The molecule has 0 aliphatic carbocycles. The predicted octanol–water partition coefficient (Wildman–Crippen LogP) is 3.19. The lowest BCUT2D eigenvalue weighted by molar-refractivity contribution is -0.119. The largest absolute Gasteiger partial charge is 0.327 e. The van der Waals surface area contributed by atoms with Crippen LogP contribution in [0.3, 0.4) is 0 Å². The normalized spacial score (nSPS) is 18.6. The quantitative estimate of drug-likeness (QED) is 0.735. The van der Waals surface area contributed by atoms with Crippen LogP contribution in [0.4, 0.5) is 5.82 Å². The van der Waals surface area contributed by atoms with E-state index in [-0.39, 0.29) is 17.9 Å². The minimum atomic E-state index is -0.219. The van der Waals surface area contributed by atoms with Gasteiger partial charge in [-0.05, 0) is 45.4 Å². The molecule has 2 aliphatic heterocycles. The highest BCUT2D eigenvalue weighted by Gasteiger charge is 2.35. The van der Waals surface area contributed by atoms with E-state index < -0.39 is 0 Å². The highest BCUT2D eigenvalue weighted by atomic mass is 16.2. The van der Waals surface area contributed by atoms with E-state index in [9.17, 15) is 9.59 Å². The zero-order valence-corrected chi connectivity index (χ0v) is 18.8. The molecule has 0 spiro atoms. The van der Waals surface area contributed by atoms with E-state index in [1.807, 2.05) is 18.7 Å². The smallest absolute Gasteiger partial charge is 0.274 e. The first-order chi connectivity index (χ1) is 14.8. The topological polar surface area (TPSA) is 92.2 Å². The first-order valence-electron chi connectivity index (χ1n) is 11.1. The second kappa shape index (κ2) is 8.69. The minimum Gasteiger partial charge on any atom is -0.327 e. The van der Waals surface area contributed by atoms with Crippen molar-refractivity contribution in [1.29, 1.82) is 0 Å². The molecule has 2 amide bonds. The number of fused-ring (bicyclic) bond motifs is 1. The van der Waals surface area contributed by atoms with E-state index in [4.69, 9.17) is 9.97 Å². The molecule has 0 bridgehead atoms. The van der Waals surface area contributed by atoms with Crippen molar-refractivity contribution in [2.45, 2.75) is 65.8 Å². The summed E-state index contributed by atoms with van der Waals surface area (Å²) in [4.78, 5) is 47.5. The summed E-state index contributed by atoms with van der Waals surface area (Å²) in [6, 6.07) is -0.219. The Morgan fingerprint density at radius 3 is 2.68 bits per heavy atom. The summed E-state index contributed by atoms with van der Waals surface area (Å²) in [5, 5.41) is 0. The molecule has 1 saturated heterocycles. The molecule has 2 aromatic rings. The number of aromatic nitrogens is 4. The molecule has 164 valence electrons. The van der Waals surface area contributed by atoms with Crippen LogP contribution in [0.15, 0.2) is 12.4 Å². The Labute approximate surface area is 183 Å². The maximum absolute atomic E-state index is 13.1. The Morgan fingerprint density at radius 1 is 1.16 bits per heavy atom. The molecule has 0 saturated carbocycles. The van der Waals surface area contributed by atoms with Crippen molar-refractivity contribution in [3.05, 3.63) is 40.9 Å². The van der Waals surface area contributed by atoms with Crippen molar-refractivity contribution in [3.8, 4) is 0 Å². The first-order valence-corrected chi connectivity index (χ1v) is 11.1. The van der Waals surface area contributed by atoms with E-state index in [1.165, 1.54) is 6.20 Å². The molecule has 0 N–H and O–H groups in total. The van der Waals surface area contributed by atoms with Crippen molar-refractivity contribution in [1.82, 2.24) is 24.8 Å². The van der Waals surface area contributed by atoms with Crippen LogP contribution in [-0.4, -0.2) is 49.7 Å². The molecule has 2 aromatic heterocycles. The van der Waals surface area contributed by atoms with Crippen molar-refractivity contribution < 1.29 is 9.59 Å². The van der Waals surface area contributed by atoms with Crippen LogP contribution in [0.25, 0.3) is 0 Å². The molecule has 2 aliphatic rings. The monoisotopic (exact) mass is 422 g/mol. The van der Waals surface area contributed by atoms with E-state index in [2.05, 4.69) is 23.8 Å². The Hall–Kier alpha value is -2.90. The first kappa shape index (κ1) is 21.3. The van der Waals surface area contributed by atoms with E-state index in [0.717, 1.165) is 42.0 Å². The summed E-state index contributed by atoms with van der Waals surface area (Å²) in [6.07, 6.45) is 6.89. The third-order valence-electron chi connectivity index (χ3n) is 6.10. The Morgan fingerprint density at radius 2 is 1.97 bits per heavy atom. The average molecular weight is 423 g/mol. The fourth-order valence-corrected chi connectivity index (χ4v) is 4.30. The highest BCUT2D eigenvalue weighted by molar-refractivity contribution is 5.95. The highest BCUT2D eigenvalue weighted by Crippen LogP contribution is 2.35. The lowest BCUT2D eigenvalue weighted by Gasteiger charge is -2.31. The summed E-state index contributed by atoms with van der Waals surface area (Å²) in [6.45, 7) is 9.42. The number of likely N-dealkylation sites (tertiary alicyclic amines) is 1. The second-order valence-electron chi connectivity index (χ2n) is 8.90. The molecular formula is C23H30N6O2. The SMILES string of the molecule is Cc1cnc(C(=O)N2CCC[C@H]2c2nc(C)c3c(n2)N(CCC(C)C)C(=O)CC3)cn1. The van der Waals surface area contributed by atoms with Gasteiger partial charge in [0.25, 0.3) is 5.91 Å². The maximum Gasteiger partial charge on any atom is 0.274 e. The number of anilines is 1. The van der Waals surface area contributed by atoms with Crippen molar-refractivity contribution >= 4 is 17.6 Å². The molecule has 0 radical (unpaired) electrons. The summed E-state index contributed by atoms with van der Waals surface area (Å²) >= 11 is 0. The summed E-state index contributed by atoms with van der Waals surface area (Å²) < 4.78 is 0. The van der Waals surface area contributed by atoms with E-state index in [1.54, 1.807) is 11.1 Å². The number of aryl methyl sites for hydroxylation is 2. The van der Waals surface area contributed by atoms with Gasteiger partial charge in [0.1, 0.15) is 11.5 Å². The number of amides is 2. The van der Waals surface area contributed by atoms with Crippen molar-refractivity contribution in [3.63, 3.8) is 0 Å². The van der Waals surface area contributed by atoms with Crippen LogP contribution < -0.4 is 4.90 Å². The summed E-state index contributed by atoms with van der Waals surface area (Å²) in [5.41, 5.74) is 3.05. The maximum atomic E-state index is 13.1. The van der Waals surface area contributed by atoms with Crippen molar-refractivity contribution in [2.75, 3.05) is 18.0 Å². The molecule has 1 fully saturated rings. The van der Waals surface area contributed by atoms with Gasteiger partial charge in [-0.2, -0.15) is 0 Å². The molecular weight excluding hydrogens is 392 g/mol. The zero-order valence-electron chi connectivity index (χ0n) is 18.8. The van der Waals surface area contributed by atoms with Crippen LogP contribution in [-0.2, 0) is 11.2 Å². The third kappa shape index (κ3) is 4.29. The van der Waals surface area contributed by atoms with Gasteiger partial charge >= 0.3 is 0 Å². The molecule has 4 rings (SSSR count). The number of nitrogens with zero attached hydrogens (tertiary/aromatic N) is 6. The summed E-state index contributed by atoms with van der Waals surface area (Å²) in [7, 11) is 0. The van der Waals surface area contributed by atoms with Gasteiger partial charge in [-0.25, -0.2) is 15.0 Å². The third-order valence-corrected chi connectivity index (χ3v) is 6.10.